The van der Waals surface area contributed by atoms with Gasteiger partial charge in [0, 0.05) is 17.1 Å². The van der Waals surface area contributed by atoms with Gasteiger partial charge in [0.15, 0.2) is 11.5 Å². The molecule has 146 valence electrons. The van der Waals surface area contributed by atoms with Crippen molar-refractivity contribution >= 4 is 22.4 Å². The molecule has 1 N–H and O–H groups in total. The molecule has 0 aliphatic rings. The van der Waals surface area contributed by atoms with E-state index in [1.807, 2.05) is 66.7 Å². The van der Waals surface area contributed by atoms with Crippen molar-refractivity contribution in [3.63, 3.8) is 0 Å². The van der Waals surface area contributed by atoms with E-state index in [9.17, 15) is 0 Å². The van der Waals surface area contributed by atoms with E-state index < -0.39 is 0 Å². The minimum absolute atomic E-state index is 0.534. The maximum Gasteiger partial charge on any atom is 0.162 e. The largest absolute Gasteiger partial charge is 0.493 e. The molecule has 0 aliphatic carbocycles. The van der Waals surface area contributed by atoms with E-state index >= 15 is 0 Å². The smallest absolute Gasteiger partial charge is 0.162 e. The highest BCUT2D eigenvalue weighted by atomic mass is 16.5. The minimum atomic E-state index is 0.534. The number of rotatable bonds is 7. The molecule has 3 aromatic carbocycles. The van der Waals surface area contributed by atoms with Crippen LogP contribution in [0.3, 0.4) is 0 Å². The van der Waals surface area contributed by atoms with Crippen LogP contribution >= 0.6 is 0 Å². The zero-order chi connectivity index (χ0) is 20.1. The van der Waals surface area contributed by atoms with Crippen molar-refractivity contribution in [1.82, 2.24) is 9.97 Å². The predicted octanol–water partition coefficient (Wildman–Crippen LogP) is 4.97. The summed E-state index contributed by atoms with van der Waals surface area (Å²) in [6.45, 7) is 0.534. The zero-order valence-corrected chi connectivity index (χ0v) is 16.3. The SMILES string of the molecule is COc1cc2ncnc(Nc3ccc(OCc4ccccc4)cc3)c2cc1OC. The van der Waals surface area contributed by atoms with E-state index in [0.29, 0.717) is 23.9 Å². The summed E-state index contributed by atoms with van der Waals surface area (Å²) in [7, 11) is 3.21. The van der Waals surface area contributed by atoms with Crippen LogP contribution in [0, 0.1) is 0 Å². The Kier molecular flexibility index (Phi) is 5.42. The lowest BCUT2D eigenvalue weighted by Gasteiger charge is -2.12. The van der Waals surface area contributed by atoms with Gasteiger partial charge < -0.3 is 19.5 Å². The number of nitrogens with one attached hydrogen (secondary N) is 1. The summed E-state index contributed by atoms with van der Waals surface area (Å²) in [5.41, 5.74) is 2.79. The quantitative estimate of drug-likeness (QED) is 0.483. The van der Waals surface area contributed by atoms with Crippen LogP contribution in [0.1, 0.15) is 5.56 Å². The fraction of sp³-hybridized carbons (Fsp3) is 0.130. The standard InChI is InChI=1S/C23H21N3O3/c1-27-21-12-19-20(13-22(21)28-2)24-15-25-23(19)26-17-8-10-18(11-9-17)29-14-16-6-4-3-5-7-16/h3-13,15H,14H2,1-2H3,(H,24,25,26). The number of aromatic nitrogens is 2. The van der Waals surface area contributed by atoms with Crippen molar-refractivity contribution in [2.45, 2.75) is 6.61 Å². The van der Waals surface area contributed by atoms with Gasteiger partial charge in [-0.1, -0.05) is 30.3 Å². The molecule has 0 unspecified atom stereocenters. The number of hydrogen-bond donors (Lipinski definition) is 1. The molecule has 0 aliphatic heterocycles. The summed E-state index contributed by atoms with van der Waals surface area (Å²) in [6.07, 6.45) is 1.52. The van der Waals surface area contributed by atoms with Gasteiger partial charge in [-0.2, -0.15) is 0 Å². The fourth-order valence-corrected chi connectivity index (χ4v) is 2.99. The first-order chi connectivity index (χ1) is 14.3. The van der Waals surface area contributed by atoms with Gasteiger partial charge in [-0.05, 0) is 35.9 Å². The third-order valence-corrected chi connectivity index (χ3v) is 4.51. The normalized spacial score (nSPS) is 10.6. The number of nitrogens with zero attached hydrogens (tertiary/aromatic N) is 2. The van der Waals surface area contributed by atoms with Gasteiger partial charge in [0.2, 0.25) is 0 Å². The molecule has 4 aromatic rings. The molecule has 0 fully saturated rings. The molecule has 29 heavy (non-hydrogen) atoms. The van der Waals surface area contributed by atoms with Crippen LogP contribution in [-0.4, -0.2) is 24.2 Å². The summed E-state index contributed by atoms with van der Waals surface area (Å²) in [5, 5.41) is 4.18. The van der Waals surface area contributed by atoms with Crippen LogP contribution in [0.4, 0.5) is 11.5 Å². The van der Waals surface area contributed by atoms with E-state index in [-0.39, 0.29) is 0 Å². The molecule has 0 atom stereocenters. The van der Waals surface area contributed by atoms with Gasteiger partial charge in [-0.3, -0.25) is 0 Å². The number of fused-ring (bicyclic) bond motifs is 1. The number of anilines is 2. The maximum absolute atomic E-state index is 5.84. The lowest BCUT2D eigenvalue weighted by molar-refractivity contribution is 0.306. The molecule has 0 saturated carbocycles. The number of hydrogen-bond acceptors (Lipinski definition) is 6. The summed E-state index contributed by atoms with van der Waals surface area (Å²) < 4.78 is 16.6. The molecule has 0 radical (unpaired) electrons. The monoisotopic (exact) mass is 387 g/mol. The van der Waals surface area contributed by atoms with Crippen molar-refractivity contribution in [2.75, 3.05) is 19.5 Å². The van der Waals surface area contributed by atoms with Crippen LogP contribution in [0.15, 0.2) is 73.1 Å². The highest BCUT2D eigenvalue weighted by Crippen LogP contribution is 2.34. The molecule has 1 heterocycles. The van der Waals surface area contributed by atoms with Crippen molar-refractivity contribution in [3.05, 3.63) is 78.6 Å². The van der Waals surface area contributed by atoms with Crippen LogP contribution in [0.25, 0.3) is 10.9 Å². The van der Waals surface area contributed by atoms with Gasteiger partial charge >= 0.3 is 0 Å². The summed E-state index contributed by atoms with van der Waals surface area (Å²) in [6, 6.07) is 21.5. The minimum Gasteiger partial charge on any atom is -0.493 e. The summed E-state index contributed by atoms with van der Waals surface area (Å²) in [4.78, 5) is 8.71. The molecule has 0 amide bonds. The molecule has 6 nitrogen and oxygen atoms in total. The molecular weight excluding hydrogens is 366 g/mol. The lowest BCUT2D eigenvalue weighted by atomic mass is 10.2. The Bertz CT molecular complexity index is 1100. The topological polar surface area (TPSA) is 65.5 Å². The first kappa shape index (κ1) is 18.6. The highest BCUT2D eigenvalue weighted by Gasteiger charge is 2.11. The average Bonchev–Trinajstić information content (AvgIpc) is 2.78. The van der Waals surface area contributed by atoms with E-state index in [4.69, 9.17) is 14.2 Å². The molecule has 4 rings (SSSR count). The van der Waals surface area contributed by atoms with Crippen molar-refractivity contribution in [2.24, 2.45) is 0 Å². The fourth-order valence-electron chi connectivity index (χ4n) is 2.99. The molecule has 1 aromatic heterocycles. The number of methoxy groups -OCH3 is 2. The van der Waals surface area contributed by atoms with Gasteiger partial charge in [-0.25, -0.2) is 9.97 Å². The summed E-state index contributed by atoms with van der Waals surface area (Å²) in [5.74, 6) is 2.75. The Balaban J connectivity index is 1.52. The second-order valence-corrected chi connectivity index (χ2v) is 6.37. The van der Waals surface area contributed by atoms with E-state index in [0.717, 1.165) is 27.9 Å². The van der Waals surface area contributed by atoms with Crippen LogP contribution < -0.4 is 19.5 Å². The molecule has 0 saturated heterocycles. The average molecular weight is 387 g/mol. The van der Waals surface area contributed by atoms with Gasteiger partial charge in [0.25, 0.3) is 0 Å². The second kappa shape index (κ2) is 8.48. The summed E-state index contributed by atoms with van der Waals surface area (Å²) >= 11 is 0. The molecule has 0 spiro atoms. The molecule has 6 heteroatoms. The van der Waals surface area contributed by atoms with E-state index in [1.165, 1.54) is 6.33 Å². The van der Waals surface area contributed by atoms with Crippen molar-refractivity contribution in [1.29, 1.82) is 0 Å². The maximum atomic E-state index is 5.84. The Morgan fingerprint density at radius 3 is 2.28 bits per heavy atom. The van der Waals surface area contributed by atoms with E-state index in [1.54, 1.807) is 14.2 Å². The lowest BCUT2D eigenvalue weighted by Crippen LogP contribution is -1.98. The predicted molar refractivity (Wildman–Crippen MR) is 113 cm³/mol. The van der Waals surface area contributed by atoms with Crippen LogP contribution in [0.5, 0.6) is 17.2 Å². The third kappa shape index (κ3) is 4.21. The highest BCUT2D eigenvalue weighted by molar-refractivity contribution is 5.93. The van der Waals surface area contributed by atoms with Crippen molar-refractivity contribution < 1.29 is 14.2 Å². The second-order valence-electron chi connectivity index (χ2n) is 6.37. The zero-order valence-electron chi connectivity index (χ0n) is 16.3. The third-order valence-electron chi connectivity index (χ3n) is 4.51. The van der Waals surface area contributed by atoms with E-state index in [2.05, 4.69) is 15.3 Å². The first-order valence-corrected chi connectivity index (χ1v) is 9.17. The van der Waals surface area contributed by atoms with Crippen LogP contribution in [0.2, 0.25) is 0 Å². The molecular formula is C23H21N3O3. The van der Waals surface area contributed by atoms with Crippen LogP contribution in [-0.2, 0) is 6.61 Å². The van der Waals surface area contributed by atoms with Gasteiger partial charge in [0.05, 0.1) is 19.7 Å². The Morgan fingerprint density at radius 1 is 0.828 bits per heavy atom. The Morgan fingerprint density at radius 2 is 1.55 bits per heavy atom. The first-order valence-electron chi connectivity index (χ1n) is 9.17. The number of benzene rings is 3. The van der Waals surface area contributed by atoms with Gasteiger partial charge in [0.1, 0.15) is 24.5 Å². The van der Waals surface area contributed by atoms with Crippen molar-refractivity contribution in [3.8, 4) is 17.2 Å². The number of ether oxygens (including phenoxy) is 3. The molecule has 0 bridgehead atoms. The Hall–Kier alpha value is -3.80. The Labute approximate surface area is 169 Å². The van der Waals surface area contributed by atoms with Gasteiger partial charge in [-0.15, -0.1) is 0 Å².